The molecule has 3 rings (SSSR count). The van der Waals surface area contributed by atoms with E-state index in [1.807, 2.05) is 12.4 Å². The molecule has 3 heterocycles. The van der Waals surface area contributed by atoms with Crippen LogP contribution in [0.15, 0.2) is 24.5 Å². The number of pyridine rings is 1. The van der Waals surface area contributed by atoms with Crippen molar-refractivity contribution in [3.63, 3.8) is 0 Å². The molecule has 2 aliphatic heterocycles. The van der Waals surface area contributed by atoms with Crippen molar-refractivity contribution < 1.29 is 0 Å². The first-order valence-corrected chi connectivity index (χ1v) is 6.81. The first-order valence-electron chi connectivity index (χ1n) is 6.81. The second-order valence-corrected chi connectivity index (χ2v) is 5.23. The van der Waals surface area contributed by atoms with Crippen LogP contribution < -0.4 is 5.32 Å². The third kappa shape index (κ3) is 2.50. The maximum atomic E-state index is 4.11. The molecule has 2 atom stereocenters. The van der Waals surface area contributed by atoms with E-state index in [1.54, 1.807) is 0 Å². The summed E-state index contributed by atoms with van der Waals surface area (Å²) in [6, 6.07) is 5.69. The molecule has 2 unspecified atom stereocenters. The minimum absolute atomic E-state index is 0.625. The van der Waals surface area contributed by atoms with E-state index in [-0.39, 0.29) is 0 Å². The van der Waals surface area contributed by atoms with Gasteiger partial charge in [-0.25, -0.2) is 0 Å². The average Bonchev–Trinajstić information content (AvgIpc) is 3.02. The molecule has 1 aromatic rings. The molecule has 2 fully saturated rings. The van der Waals surface area contributed by atoms with Crippen molar-refractivity contribution in [1.82, 2.24) is 15.2 Å². The van der Waals surface area contributed by atoms with Gasteiger partial charge in [0.2, 0.25) is 0 Å². The Balaban J connectivity index is 1.67. The van der Waals surface area contributed by atoms with Crippen molar-refractivity contribution in [2.75, 3.05) is 19.6 Å². The smallest absolute Gasteiger partial charge is 0.0350 e. The first kappa shape index (κ1) is 11.2. The maximum absolute atomic E-state index is 4.11. The van der Waals surface area contributed by atoms with Gasteiger partial charge in [-0.15, -0.1) is 0 Å². The molecule has 0 radical (unpaired) electrons. The number of likely N-dealkylation sites (tertiary alicyclic amines) is 1. The van der Waals surface area contributed by atoms with E-state index in [9.17, 15) is 0 Å². The van der Waals surface area contributed by atoms with Crippen molar-refractivity contribution in [2.45, 2.75) is 37.8 Å². The van der Waals surface area contributed by atoms with Crippen molar-refractivity contribution in [3.05, 3.63) is 30.1 Å². The highest BCUT2D eigenvalue weighted by molar-refractivity contribution is 5.16. The highest BCUT2D eigenvalue weighted by Gasteiger charge is 2.28. The van der Waals surface area contributed by atoms with Crippen LogP contribution in [0.2, 0.25) is 0 Å². The lowest BCUT2D eigenvalue weighted by Gasteiger charge is -2.27. The molecule has 2 saturated heterocycles. The van der Waals surface area contributed by atoms with E-state index in [0.717, 1.165) is 6.04 Å². The summed E-state index contributed by atoms with van der Waals surface area (Å²) in [5.74, 6) is 0. The van der Waals surface area contributed by atoms with E-state index < -0.39 is 0 Å². The third-order valence-corrected chi connectivity index (χ3v) is 4.07. The minimum Gasteiger partial charge on any atom is -0.313 e. The number of hydrogen-bond acceptors (Lipinski definition) is 3. The second-order valence-electron chi connectivity index (χ2n) is 5.23. The average molecular weight is 231 g/mol. The molecule has 92 valence electrons. The quantitative estimate of drug-likeness (QED) is 0.862. The predicted molar refractivity (Wildman–Crippen MR) is 68.8 cm³/mol. The van der Waals surface area contributed by atoms with Gasteiger partial charge in [0.05, 0.1) is 0 Å². The summed E-state index contributed by atoms with van der Waals surface area (Å²) in [5.41, 5.74) is 1.44. The molecule has 0 spiro atoms. The Labute approximate surface area is 103 Å². The third-order valence-electron chi connectivity index (χ3n) is 4.07. The number of nitrogens with one attached hydrogen (secondary N) is 1. The van der Waals surface area contributed by atoms with Crippen LogP contribution in [0.25, 0.3) is 0 Å². The normalized spacial score (nSPS) is 29.9. The van der Waals surface area contributed by atoms with Gasteiger partial charge in [0.25, 0.3) is 0 Å². The van der Waals surface area contributed by atoms with Crippen LogP contribution in [0.1, 0.15) is 37.3 Å². The molecule has 1 N–H and O–H groups in total. The van der Waals surface area contributed by atoms with E-state index in [1.165, 1.54) is 50.9 Å². The first-order chi connectivity index (χ1) is 8.43. The Morgan fingerprint density at radius 3 is 2.88 bits per heavy atom. The van der Waals surface area contributed by atoms with Gasteiger partial charge >= 0.3 is 0 Å². The summed E-state index contributed by atoms with van der Waals surface area (Å²) in [5, 5.41) is 3.60. The van der Waals surface area contributed by atoms with E-state index in [2.05, 4.69) is 27.3 Å². The fraction of sp³-hybridized carbons (Fsp3) is 0.643. The summed E-state index contributed by atoms with van der Waals surface area (Å²) in [4.78, 5) is 6.77. The zero-order chi connectivity index (χ0) is 11.5. The van der Waals surface area contributed by atoms with E-state index >= 15 is 0 Å². The van der Waals surface area contributed by atoms with Crippen LogP contribution in [0.3, 0.4) is 0 Å². The zero-order valence-electron chi connectivity index (χ0n) is 10.3. The molecule has 0 saturated carbocycles. The summed E-state index contributed by atoms with van der Waals surface area (Å²) >= 11 is 0. The molecule has 0 bridgehead atoms. The topological polar surface area (TPSA) is 28.2 Å². The molecule has 2 aliphatic rings. The molecule has 3 heteroatoms. The fourth-order valence-electron chi connectivity index (χ4n) is 3.20. The van der Waals surface area contributed by atoms with Crippen LogP contribution in [0.4, 0.5) is 0 Å². The van der Waals surface area contributed by atoms with Gasteiger partial charge in [-0.05, 0) is 56.5 Å². The monoisotopic (exact) mass is 231 g/mol. The summed E-state index contributed by atoms with van der Waals surface area (Å²) in [7, 11) is 0. The Bertz CT molecular complexity index is 346. The molecule has 17 heavy (non-hydrogen) atoms. The van der Waals surface area contributed by atoms with Gasteiger partial charge in [0.15, 0.2) is 0 Å². The predicted octanol–water partition coefficient (Wildman–Crippen LogP) is 1.97. The van der Waals surface area contributed by atoms with E-state index in [0.29, 0.717) is 6.04 Å². The van der Waals surface area contributed by atoms with Gasteiger partial charge in [-0.2, -0.15) is 0 Å². The van der Waals surface area contributed by atoms with Crippen molar-refractivity contribution in [1.29, 1.82) is 0 Å². The van der Waals surface area contributed by atoms with Crippen molar-refractivity contribution >= 4 is 0 Å². The largest absolute Gasteiger partial charge is 0.313 e. The lowest BCUT2D eigenvalue weighted by Crippen LogP contribution is -2.37. The molecule has 0 aliphatic carbocycles. The van der Waals surface area contributed by atoms with Crippen molar-refractivity contribution in [3.8, 4) is 0 Å². The van der Waals surface area contributed by atoms with Crippen LogP contribution in [-0.2, 0) is 0 Å². The molecular weight excluding hydrogens is 210 g/mol. The minimum atomic E-state index is 0.625. The van der Waals surface area contributed by atoms with Gasteiger partial charge in [-0.3, -0.25) is 9.88 Å². The number of nitrogens with zero attached hydrogens (tertiary/aromatic N) is 2. The molecular formula is C14H21N3. The SMILES string of the molecule is c1cc(C2CCCN2CC2CCCN2)ccn1. The second kappa shape index (κ2) is 5.15. The van der Waals surface area contributed by atoms with Gasteiger partial charge in [0, 0.05) is 31.0 Å². The molecule has 0 amide bonds. The molecule has 3 nitrogen and oxygen atoms in total. The highest BCUT2D eigenvalue weighted by Crippen LogP contribution is 2.31. The van der Waals surface area contributed by atoms with Gasteiger partial charge < -0.3 is 5.32 Å². The van der Waals surface area contributed by atoms with Gasteiger partial charge in [0.1, 0.15) is 0 Å². The van der Waals surface area contributed by atoms with Crippen LogP contribution in [-0.4, -0.2) is 35.6 Å². The van der Waals surface area contributed by atoms with Gasteiger partial charge in [-0.1, -0.05) is 0 Å². The Kier molecular flexibility index (Phi) is 3.39. The Morgan fingerprint density at radius 1 is 1.24 bits per heavy atom. The molecule has 1 aromatic heterocycles. The lowest BCUT2D eigenvalue weighted by atomic mass is 10.1. The van der Waals surface area contributed by atoms with Crippen molar-refractivity contribution in [2.24, 2.45) is 0 Å². The Hall–Kier alpha value is -0.930. The summed E-state index contributed by atoms with van der Waals surface area (Å²) in [6.45, 7) is 3.68. The van der Waals surface area contributed by atoms with Crippen LogP contribution in [0.5, 0.6) is 0 Å². The molecule has 0 aromatic carbocycles. The number of hydrogen-bond donors (Lipinski definition) is 1. The summed E-state index contributed by atoms with van der Waals surface area (Å²) < 4.78 is 0. The van der Waals surface area contributed by atoms with Crippen LogP contribution >= 0.6 is 0 Å². The number of rotatable bonds is 3. The lowest BCUT2D eigenvalue weighted by molar-refractivity contribution is 0.234. The highest BCUT2D eigenvalue weighted by atomic mass is 15.2. The standard InChI is InChI=1S/C14H21N3/c1-3-13(16-7-1)11-17-10-2-4-14(17)12-5-8-15-9-6-12/h5-6,8-9,13-14,16H,1-4,7,10-11H2. The fourth-order valence-corrected chi connectivity index (χ4v) is 3.20. The Morgan fingerprint density at radius 2 is 2.12 bits per heavy atom. The summed E-state index contributed by atoms with van der Waals surface area (Å²) in [6.07, 6.45) is 9.16. The van der Waals surface area contributed by atoms with Crippen LogP contribution in [0, 0.1) is 0 Å². The number of aromatic nitrogens is 1. The zero-order valence-corrected chi connectivity index (χ0v) is 10.3. The van der Waals surface area contributed by atoms with E-state index in [4.69, 9.17) is 0 Å². The maximum Gasteiger partial charge on any atom is 0.0350 e.